The molecule has 1 N–H and O–H groups in total. The predicted molar refractivity (Wildman–Crippen MR) is 104 cm³/mol. The molecule has 1 atom stereocenters. The lowest BCUT2D eigenvalue weighted by Gasteiger charge is -2.12. The van der Waals surface area contributed by atoms with Gasteiger partial charge in [0.2, 0.25) is 0 Å². The lowest BCUT2D eigenvalue weighted by atomic mass is 10.2. The van der Waals surface area contributed by atoms with Crippen molar-refractivity contribution in [3.8, 4) is 5.75 Å². The van der Waals surface area contributed by atoms with E-state index in [-0.39, 0.29) is 11.1 Å². The minimum atomic E-state index is -1.05. The minimum Gasteiger partial charge on any atom is -0.479 e. The van der Waals surface area contributed by atoms with Crippen LogP contribution in [-0.4, -0.2) is 28.3 Å². The third-order valence-electron chi connectivity index (χ3n) is 3.92. The van der Waals surface area contributed by atoms with Gasteiger partial charge >= 0.3 is 5.97 Å². The molecule has 7 heteroatoms. The van der Waals surface area contributed by atoms with Crippen LogP contribution in [0.1, 0.15) is 18.1 Å². The van der Waals surface area contributed by atoms with Gasteiger partial charge in [-0.1, -0.05) is 29.8 Å². The molecule has 0 radical (unpaired) electrons. The number of carboxylic acid groups (broad SMARTS) is 1. The molecule has 0 aliphatic carbocycles. The normalized spacial score (nSPS) is 16.7. The number of carboxylic acids is 1. The number of benzene rings is 2. The predicted octanol–water partition coefficient (Wildman–Crippen LogP) is 4.09. The van der Waals surface area contributed by atoms with E-state index >= 15 is 0 Å². The van der Waals surface area contributed by atoms with Gasteiger partial charge in [0.15, 0.2) is 6.10 Å². The number of nitrogens with zero attached hydrogens (tertiary/aromatic N) is 1. The van der Waals surface area contributed by atoms with Crippen LogP contribution in [0.5, 0.6) is 5.75 Å². The third kappa shape index (κ3) is 4.20. The fourth-order valence-corrected chi connectivity index (χ4v) is 3.27. The maximum atomic E-state index is 12.6. The number of imide groups is 1. The number of hydrogen-bond acceptors (Lipinski definition) is 5. The van der Waals surface area contributed by atoms with E-state index in [9.17, 15) is 14.4 Å². The van der Waals surface area contributed by atoms with Crippen molar-refractivity contribution < 1.29 is 24.2 Å². The largest absolute Gasteiger partial charge is 0.479 e. The SMILES string of the molecule is Cc1ccc(N2C(=O)S/C(=C/c3ccc(OC(C)C(=O)O)cc3)C2=O)cc1. The Morgan fingerprint density at radius 3 is 2.33 bits per heavy atom. The molecular formula is C20H17NO5S. The van der Waals surface area contributed by atoms with Gasteiger partial charge in [0.25, 0.3) is 11.1 Å². The molecule has 2 aromatic carbocycles. The lowest BCUT2D eigenvalue weighted by molar-refractivity contribution is -0.144. The molecule has 0 aromatic heterocycles. The van der Waals surface area contributed by atoms with E-state index in [1.165, 1.54) is 6.92 Å². The van der Waals surface area contributed by atoms with Crippen LogP contribution < -0.4 is 9.64 Å². The monoisotopic (exact) mass is 383 g/mol. The standard InChI is InChI=1S/C20H17NO5S/c1-12-3-7-15(8-4-12)21-18(22)17(27-20(21)25)11-14-5-9-16(10-6-14)26-13(2)19(23)24/h3-11,13H,1-2H3,(H,23,24)/b17-11+. The van der Waals surface area contributed by atoms with Crippen molar-refractivity contribution in [1.82, 2.24) is 0 Å². The number of amides is 2. The highest BCUT2D eigenvalue weighted by molar-refractivity contribution is 8.19. The highest BCUT2D eigenvalue weighted by Crippen LogP contribution is 2.35. The Morgan fingerprint density at radius 1 is 1.11 bits per heavy atom. The van der Waals surface area contributed by atoms with Gasteiger partial charge in [-0.25, -0.2) is 9.69 Å². The van der Waals surface area contributed by atoms with Crippen LogP contribution in [0.2, 0.25) is 0 Å². The number of carbonyl (C=O) groups excluding carboxylic acids is 2. The molecule has 1 aliphatic rings. The van der Waals surface area contributed by atoms with E-state index < -0.39 is 12.1 Å². The first kappa shape index (κ1) is 18.7. The highest BCUT2D eigenvalue weighted by atomic mass is 32.2. The Balaban J connectivity index is 1.77. The topological polar surface area (TPSA) is 83.9 Å². The molecule has 6 nitrogen and oxygen atoms in total. The van der Waals surface area contributed by atoms with E-state index in [1.54, 1.807) is 42.5 Å². The molecule has 0 spiro atoms. The van der Waals surface area contributed by atoms with Gasteiger partial charge in [0, 0.05) is 0 Å². The smallest absolute Gasteiger partial charge is 0.344 e. The molecule has 27 heavy (non-hydrogen) atoms. The number of aliphatic carboxylic acids is 1. The number of carbonyl (C=O) groups is 3. The highest BCUT2D eigenvalue weighted by Gasteiger charge is 2.36. The minimum absolute atomic E-state index is 0.327. The van der Waals surface area contributed by atoms with Crippen LogP contribution in [0.4, 0.5) is 10.5 Å². The molecule has 138 valence electrons. The Bertz CT molecular complexity index is 918. The van der Waals surface area contributed by atoms with Crippen molar-refractivity contribution in [2.45, 2.75) is 20.0 Å². The van der Waals surface area contributed by atoms with E-state index in [4.69, 9.17) is 9.84 Å². The summed E-state index contributed by atoms with van der Waals surface area (Å²) in [6.07, 6.45) is 0.672. The van der Waals surface area contributed by atoms with Gasteiger partial charge in [-0.2, -0.15) is 0 Å². The van der Waals surface area contributed by atoms with Crippen LogP contribution >= 0.6 is 11.8 Å². The molecule has 0 saturated carbocycles. The summed E-state index contributed by atoms with van der Waals surface area (Å²) >= 11 is 0.884. The number of anilines is 1. The van der Waals surface area contributed by atoms with Crippen molar-refractivity contribution in [3.05, 3.63) is 64.6 Å². The fraction of sp³-hybridized carbons (Fsp3) is 0.150. The zero-order chi connectivity index (χ0) is 19.6. The number of aryl methyl sites for hydroxylation is 1. The third-order valence-corrected chi connectivity index (χ3v) is 4.79. The maximum absolute atomic E-state index is 12.6. The average Bonchev–Trinajstić information content (AvgIpc) is 2.91. The van der Waals surface area contributed by atoms with Crippen LogP contribution in [0, 0.1) is 6.92 Å². The molecular weight excluding hydrogens is 366 g/mol. The summed E-state index contributed by atoms with van der Waals surface area (Å²) in [5.41, 5.74) is 2.29. The first-order chi connectivity index (χ1) is 12.8. The Labute approximate surface area is 160 Å². The summed E-state index contributed by atoms with van der Waals surface area (Å²) in [6, 6.07) is 13.8. The molecule has 1 saturated heterocycles. The second-order valence-electron chi connectivity index (χ2n) is 6.02. The van der Waals surface area contributed by atoms with Gasteiger partial charge < -0.3 is 9.84 Å². The van der Waals surface area contributed by atoms with Gasteiger partial charge in [-0.05, 0) is 61.5 Å². The molecule has 1 aliphatic heterocycles. The molecule has 0 bridgehead atoms. The second kappa shape index (κ2) is 7.67. The number of hydrogen-bond donors (Lipinski definition) is 1. The lowest BCUT2D eigenvalue weighted by Crippen LogP contribution is -2.27. The van der Waals surface area contributed by atoms with Crippen molar-refractivity contribution in [2.24, 2.45) is 0 Å². The first-order valence-corrected chi connectivity index (χ1v) is 9.01. The summed E-state index contributed by atoms with van der Waals surface area (Å²) in [5, 5.41) is 8.52. The van der Waals surface area contributed by atoms with Crippen LogP contribution in [0.3, 0.4) is 0 Å². The van der Waals surface area contributed by atoms with Gasteiger partial charge in [-0.3, -0.25) is 9.59 Å². The summed E-state index contributed by atoms with van der Waals surface area (Å²) in [4.78, 5) is 37.2. The van der Waals surface area contributed by atoms with Gasteiger partial charge in [0.05, 0.1) is 10.6 Å². The summed E-state index contributed by atoms with van der Waals surface area (Å²) in [6.45, 7) is 3.37. The van der Waals surface area contributed by atoms with Crippen LogP contribution in [0.15, 0.2) is 53.4 Å². The zero-order valence-electron chi connectivity index (χ0n) is 14.7. The van der Waals surface area contributed by atoms with Crippen LogP contribution in [0.25, 0.3) is 6.08 Å². The maximum Gasteiger partial charge on any atom is 0.344 e. The second-order valence-corrected chi connectivity index (χ2v) is 7.01. The number of ether oxygens (including phenoxy) is 1. The van der Waals surface area contributed by atoms with E-state index in [0.29, 0.717) is 21.9 Å². The van der Waals surface area contributed by atoms with Gasteiger partial charge in [0.1, 0.15) is 5.75 Å². The fourth-order valence-electron chi connectivity index (χ4n) is 2.43. The molecule has 3 rings (SSSR count). The number of rotatable bonds is 5. The van der Waals surface area contributed by atoms with Crippen molar-refractivity contribution >= 4 is 40.6 Å². The summed E-state index contributed by atoms with van der Waals surface area (Å²) < 4.78 is 5.27. The first-order valence-electron chi connectivity index (χ1n) is 8.19. The Hall–Kier alpha value is -3.06. The Morgan fingerprint density at radius 2 is 1.74 bits per heavy atom. The molecule has 2 amide bonds. The Kier molecular flexibility index (Phi) is 5.32. The van der Waals surface area contributed by atoms with Crippen molar-refractivity contribution in [2.75, 3.05) is 4.90 Å². The zero-order valence-corrected chi connectivity index (χ0v) is 15.5. The van der Waals surface area contributed by atoms with Crippen molar-refractivity contribution in [1.29, 1.82) is 0 Å². The van der Waals surface area contributed by atoms with E-state index in [2.05, 4.69) is 0 Å². The number of thioether (sulfide) groups is 1. The molecule has 1 heterocycles. The molecule has 1 unspecified atom stereocenters. The summed E-state index contributed by atoms with van der Waals surface area (Å²) in [7, 11) is 0. The molecule has 2 aromatic rings. The van der Waals surface area contributed by atoms with Gasteiger partial charge in [-0.15, -0.1) is 0 Å². The summed E-state index contributed by atoms with van der Waals surface area (Å²) in [5.74, 6) is -1.01. The van der Waals surface area contributed by atoms with Crippen LogP contribution in [-0.2, 0) is 9.59 Å². The van der Waals surface area contributed by atoms with E-state index in [0.717, 1.165) is 22.2 Å². The van der Waals surface area contributed by atoms with Crippen molar-refractivity contribution in [3.63, 3.8) is 0 Å². The van der Waals surface area contributed by atoms with E-state index in [1.807, 2.05) is 19.1 Å². The quantitative estimate of drug-likeness (QED) is 0.783. The molecule has 1 fully saturated rings. The average molecular weight is 383 g/mol.